The Bertz CT molecular complexity index is 1890. The molecule has 1 N–H and O–H groups in total. The highest BCUT2D eigenvalue weighted by Gasteiger charge is 2.39. The van der Waals surface area contributed by atoms with E-state index in [-0.39, 0.29) is 52.5 Å². The third-order valence-electron chi connectivity index (χ3n) is 7.52. The fourth-order valence-corrected chi connectivity index (χ4v) is 5.56. The summed E-state index contributed by atoms with van der Waals surface area (Å²) in [6, 6.07) is 10.8. The number of imide groups is 1. The first-order valence-corrected chi connectivity index (χ1v) is 16.2. The van der Waals surface area contributed by atoms with Gasteiger partial charge in [0.2, 0.25) is 11.8 Å². The molecule has 5 rings (SSSR count). The molecule has 268 valence electrons. The number of ether oxygens (including phenoxy) is 4. The van der Waals surface area contributed by atoms with Crippen molar-refractivity contribution in [2.75, 3.05) is 32.8 Å². The largest absolute Gasteiger partial charge is 0.481 e. The van der Waals surface area contributed by atoms with Crippen molar-refractivity contribution in [3.05, 3.63) is 80.4 Å². The van der Waals surface area contributed by atoms with Crippen LogP contribution < -0.4 is 19.1 Å². The second-order valence-corrected chi connectivity index (χ2v) is 11.5. The van der Waals surface area contributed by atoms with Crippen LogP contribution in [0.1, 0.15) is 61.0 Å². The van der Waals surface area contributed by atoms with Crippen LogP contribution in [0.25, 0.3) is 6.08 Å². The van der Waals surface area contributed by atoms with Crippen molar-refractivity contribution in [2.45, 2.75) is 39.5 Å². The summed E-state index contributed by atoms with van der Waals surface area (Å²) in [6.07, 6.45) is 4.45. The summed E-state index contributed by atoms with van der Waals surface area (Å²) in [5.41, 5.74) is 2.68. The van der Waals surface area contributed by atoms with Gasteiger partial charge in [0, 0.05) is 21.7 Å². The van der Waals surface area contributed by atoms with E-state index in [0.717, 1.165) is 12.8 Å². The van der Waals surface area contributed by atoms with Crippen LogP contribution in [0.2, 0.25) is 5.02 Å². The minimum Gasteiger partial charge on any atom is -0.481 e. The van der Waals surface area contributed by atoms with Gasteiger partial charge in [-0.05, 0) is 75.4 Å². The Balaban J connectivity index is 0.000000229. The second-order valence-electron chi connectivity index (χ2n) is 10.7. The lowest BCUT2D eigenvalue weighted by atomic mass is 9.93. The summed E-state index contributed by atoms with van der Waals surface area (Å²) in [4.78, 5) is 62.7. The molecule has 2 aromatic carbocycles. The minimum absolute atomic E-state index is 0.0472. The van der Waals surface area contributed by atoms with Gasteiger partial charge in [0.25, 0.3) is 11.8 Å². The molecule has 0 fully saturated rings. The lowest BCUT2D eigenvalue weighted by molar-refractivity contribution is -0.137. The zero-order chi connectivity index (χ0) is 37.2. The molecule has 0 unspecified atom stereocenters. The van der Waals surface area contributed by atoms with Gasteiger partial charge in [-0.25, -0.2) is 14.5 Å². The molecule has 1 aromatic heterocycles. The molecule has 2 amide bonds. The van der Waals surface area contributed by atoms with Crippen LogP contribution in [0.5, 0.6) is 23.5 Å². The average Bonchev–Trinajstić information content (AvgIpc) is 3.38. The van der Waals surface area contributed by atoms with Crippen LogP contribution in [-0.4, -0.2) is 72.5 Å². The smallest absolute Gasteiger partial charge is 0.349 e. The number of carbonyl (C=O) groups is 4. The minimum atomic E-state index is -1.19. The number of carboxylic acid groups (broad SMARTS) is 1. The van der Waals surface area contributed by atoms with Crippen LogP contribution >= 0.6 is 23.2 Å². The molecule has 1 aliphatic carbocycles. The Morgan fingerprint density at radius 1 is 0.980 bits per heavy atom. The third-order valence-corrected chi connectivity index (χ3v) is 8.12. The number of nitrogens with zero attached hydrogens (tertiary/aromatic N) is 4. The van der Waals surface area contributed by atoms with Gasteiger partial charge in [0.15, 0.2) is 0 Å². The molecular formula is C35H34Cl2N4O10. The van der Waals surface area contributed by atoms with Crippen molar-refractivity contribution < 1.29 is 48.1 Å². The molecule has 1 aliphatic heterocycles. The summed E-state index contributed by atoms with van der Waals surface area (Å²) in [5, 5.41) is 13.5. The average molecular weight is 742 g/mol. The maximum absolute atomic E-state index is 12.7. The topological polar surface area (TPSA) is 176 Å². The number of rotatable bonds is 11. The van der Waals surface area contributed by atoms with Crippen LogP contribution in [-0.2, 0) is 24.0 Å². The van der Waals surface area contributed by atoms with E-state index in [1.165, 1.54) is 44.4 Å². The lowest BCUT2D eigenvalue weighted by Crippen LogP contribution is -2.31. The van der Waals surface area contributed by atoms with Crippen LogP contribution in [0.4, 0.5) is 5.69 Å². The number of anilines is 1. The fraction of sp³-hybridized carbons (Fsp3) is 0.286. The predicted molar refractivity (Wildman–Crippen MR) is 188 cm³/mol. The fourth-order valence-electron chi connectivity index (χ4n) is 5.21. The van der Waals surface area contributed by atoms with Gasteiger partial charge in [0.1, 0.15) is 23.5 Å². The molecule has 0 spiro atoms. The van der Waals surface area contributed by atoms with E-state index in [9.17, 15) is 24.3 Å². The van der Waals surface area contributed by atoms with E-state index in [1.807, 2.05) is 0 Å². The summed E-state index contributed by atoms with van der Waals surface area (Å²) >= 11 is 12.1. The van der Waals surface area contributed by atoms with Crippen molar-refractivity contribution in [3.8, 4) is 23.5 Å². The van der Waals surface area contributed by atoms with Crippen molar-refractivity contribution in [2.24, 2.45) is 5.16 Å². The molecule has 0 atom stereocenters. The molecule has 0 saturated heterocycles. The molecule has 14 nitrogen and oxygen atoms in total. The number of oxime groups is 1. The van der Waals surface area contributed by atoms with Gasteiger partial charge >= 0.3 is 17.9 Å². The molecule has 51 heavy (non-hydrogen) atoms. The number of aromatic carboxylic acids is 1. The van der Waals surface area contributed by atoms with E-state index in [4.69, 9.17) is 47.0 Å². The number of carboxylic acids is 1. The van der Waals surface area contributed by atoms with Crippen LogP contribution in [0.15, 0.2) is 63.8 Å². The van der Waals surface area contributed by atoms with Crippen LogP contribution in [0.3, 0.4) is 0 Å². The van der Waals surface area contributed by atoms with Crippen molar-refractivity contribution in [1.29, 1.82) is 0 Å². The molecule has 0 saturated carbocycles. The van der Waals surface area contributed by atoms with E-state index >= 15 is 0 Å². The zero-order valence-electron chi connectivity index (χ0n) is 28.3. The standard InChI is InChI=1S/C19H17Cl2NO4.C16H17N3O6/c1-2-26-19(25)16(21)10-11-9-12(7-8-15(11)20)22-17(23)13-5-3-4-6-14(13)18(22)24;1-9(19-24-4)10-6-5-7-11(14(10)15(20)21)25-16-17-12(22-2)8-13(18-16)23-3/h7-10H,2-6H2,1H3;5-8H,1-4H3,(H,20,21)/b16-10-;. The molecule has 0 radical (unpaired) electrons. The van der Waals surface area contributed by atoms with Gasteiger partial charge in [-0.15, -0.1) is 0 Å². The third kappa shape index (κ3) is 9.01. The molecule has 3 aromatic rings. The first-order chi connectivity index (χ1) is 24.4. The number of benzene rings is 2. The summed E-state index contributed by atoms with van der Waals surface area (Å²) < 4.78 is 20.5. The van der Waals surface area contributed by atoms with Crippen molar-refractivity contribution >= 4 is 64.4 Å². The number of methoxy groups -OCH3 is 2. The van der Waals surface area contributed by atoms with E-state index in [1.54, 1.807) is 44.2 Å². The van der Waals surface area contributed by atoms with Crippen molar-refractivity contribution in [3.63, 3.8) is 0 Å². The number of aromatic nitrogens is 2. The first kappa shape index (κ1) is 38.3. The number of esters is 1. The quantitative estimate of drug-likeness (QED) is 0.0736. The second kappa shape index (κ2) is 17.5. The number of halogens is 2. The Labute approximate surface area is 303 Å². The maximum atomic E-state index is 12.7. The summed E-state index contributed by atoms with van der Waals surface area (Å²) in [5.74, 6) is -1.94. The summed E-state index contributed by atoms with van der Waals surface area (Å²) in [7, 11) is 4.24. The van der Waals surface area contributed by atoms with Gasteiger partial charge in [0.05, 0.1) is 38.3 Å². The normalized spacial score (nSPS) is 14.4. The number of hydrogen-bond donors (Lipinski definition) is 1. The highest BCUT2D eigenvalue weighted by Crippen LogP contribution is 2.37. The molecule has 16 heteroatoms. The van der Waals surface area contributed by atoms with E-state index in [0.29, 0.717) is 51.5 Å². The molecule has 0 bridgehead atoms. The zero-order valence-corrected chi connectivity index (χ0v) is 29.8. The Kier molecular flexibility index (Phi) is 13.1. The predicted octanol–water partition coefficient (Wildman–Crippen LogP) is 6.58. The SMILES string of the molecule is CCOC(=O)/C(Cl)=C/c1cc(N2C(=O)C3=C(CCCC3)C2=O)ccc1Cl.CON=C(C)c1cccc(Oc2nc(OC)cc(OC)n2)c1C(=O)O. The van der Waals surface area contributed by atoms with Crippen molar-refractivity contribution in [1.82, 2.24) is 9.97 Å². The number of carbonyl (C=O) groups excluding carboxylic acids is 3. The Hall–Kier alpha value is -5.47. The number of hydrogen-bond acceptors (Lipinski definition) is 12. The monoisotopic (exact) mass is 740 g/mol. The lowest BCUT2D eigenvalue weighted by Gasteiger charge is -2.16. The number of amides is 2. The van der Waals surface area contributed by atoms with E-state index in [2.05, 4.69) is 15.1 Å². The molecule has 2 aliphatic rings. The molecular weight excluding hydrogens is 707 g/mol. The first-order valence-electron chi connectivity index (χ1n) is 15.5. The maximum Gasteiger partial charge on any atom is 0.349 e. The van der Waals surface area contributed by atoms with Gasteiger partial charge in [-0.2, -0.15) is 9.97 Å². The van der Waals surface area contributed by atoms with Crippen LogP contribution in [0, 0.1) is 0 Å². The van der Waals surface area contributed by atoms with Gasteiger partial charge in [-0.1, -0.05) is 40.5 Å². The Morgan fingerprint density at radius 2 is 1.61 bits per heavy atom. The van der Waals surface area contributed by atoms with Gasteiger partial charge < -0.3 is 28.9 Å². The highest BCUT2D eigenvalue weighted by atomic mass is 35.5. The van der Waals surface area contributed by atoms with Gasteiger partial charge in [-0.3, -0.25) is 9.59 Å². The highest BCUT2D eigenvalue weighted by molar-refractivity contribution is 6.43. The Morgan fingerprint density at radius 3 is 2.16 bits per heavy atom. The molecule has 2 heterocycles. The summed E-state index contributed by atoms with van der Waals surface area (Å²) in [6.45, 7) is 3.50. The van der Waals surface area contributed by atoms with E-state index < -0.39 is 11.9 Å².